The van der Waals surface area contributed by atoms with Gasteiger partial charge in [0.2, 0.25) is 5.65 Å². The molecule has 4 rings (SSSR count). The molecule has 2 fully saturated rings. The molecule has 0 atom stereocenters. The van der Waals surface area contributed by atoms with Crippen molar-refractivity contribution in [3.8, 4) is 0 Å². The molecule has 106 valence electrons. The van der Waals surface area contributed by atoms with Gasteiger partial charge in [-0.1, -0.05) is 19.3 Å². The van der Waals surface area contributed by atoms with Gasteiger partial charge in [0.15, 0.2) is 5.82 Å². The smallest absolute Gasteiger partial charge is 0.203 e. The van der Waals surface area contributed by atoms with Crippen LogP contribution < -0.4 is 4.90 Å². The first-order valence-corrected chi connectivity index (χ1v) is 7.77. The third kappa shape index (κ3) is 1.96. The minimum atomic E-state index is 0.600. The molecule has 2 aromatic heterocycles. The van der Waals surface area contributed by atoms with Gasteiger partial charge in [-0.05, 0) is 25.7 Å². The molecule has 0 spiro atoms. The lowest BCUT2D eigenvalue weighted by atomic mass is 9.94. The highest BCUT2D eigenvalue weighted by Crippen LogP contribution is 2.39. The Hall–Kier alpha value is -1.65. The molecule has 2 aliphatic carbocycles. The van der Waals surface area contributed by atoms with E-state index in [1.54, 1.807) is 0 Å². The number of rotatable bonds is 3. The van der Waals surface area contributed by atoms with Crippen LogP contribution in [0, 0.1) is 0 Å². The lowest BCUT2D eigenvalue weighted by Crippen LogP contribution is -2.34. The molecule has 5 heteroatoms. The lowest BCUT2D eigenvalue weighted by Gasteiger charge is -2.31. The van der Waals surface area contributed by atoms with E-state index in [1.807, 2.05) is 12.4 Å². The minimum absolute atomic E-state index is 0.600. The summed E-state index contributed by atoms with van der Waals surface area (Å²) in [5, 5.41) is 8.80. The molecular formula is C15H21N5. The van der Waals surface area contributed by atoms with E-state index in [1.165, 1.54) is 44.9 Å². The average Bonchev–Trinajstić information content (AvgIpc) is 3.26. The van der Waals surface area contributed by atoms with Crippen LogP contribution in [0.15, 0.2) is 12.4 Å². The second-order valence-corrected chi connectivity index (χ2v) is 6.18. The molecular weight excluding hydrogens is 250 g/mol. The Morgan fingerprint density at radius 3 is 2.65 bits per heavy atom. The quantitative estimate of drug-likeness (QED) is 0.861. The van der Waals surface area contributed by atoms with Crippen molar-refractivity contribution in [3.05, 3.63) is 18.2 Å². The predicted molar refractivity (Wildman–Crippen MR) is 78.0 cm³/mol. The molecule has 0 radical (unpaired) electrons. The highest BCUT2D eigenvalue weighted by Gasteiger charge is 2.30. The normalized spacial score (nSPS) is 20.4. The number of fused-ring (bicyclic) bond motifs is 1. The molecule has 2 saturated carbocycles. The zero-order chi connectivity index (χ0) is 13.5. The molecule has 0 aromatic carbocycles. The first-order valence-electron chi connectivity index (χ1n) is 7.77. The summed E-state index contributed by atoms with van der Waals surface area (Å²) in [6.45, 7) is 0. The van der Waals surface area contributed by atoms with Crippen LogP contribution in [0.2, 0.25) is 0 Å². The van der Waals surface area contributed by atoms with Crippen molar-refractivity contribution in [2.45, 2.75) is 56.9 Å². The van der Waals surface area contributed by atoms with Crippen LogP contribution in [0.1, 0.15) is 56.7 Å². The van der Waals surface area contributed by atoms with E-state index < -0.39 is 0 Å². The van der Waals surface area contributed by atoms with E-state index in [9.17, 15) is 0 Å². The van der Waals surface area contributed by atoms with Crippen LogP contribution in [0.4, 0.5) is 5.82 Å². The molecule has 2 aromatic rings. The van der Waals surface area contributed by atoms with Gasteiger partial charge in [-0.25, -0.2) is 4.98 Å². The van der Waals surface area contributed by atoms with Crippen LogP contribution >= 0.6 is 0 Å². The average molecular weight is 271 g/mol. The van der Waals surface area contributed by atoms with E-state index in [-0.39, 0.29) is 0 Å². The number of nitrogens with zero attached hydrogens (tertiary/aromatic N) is 5. The van der Waals surface area contributed by atoms with Crippen molar-refractivity contribution in [3.63, 3.8) is 0 Å². The van der Waals surface area contributed by atoms with E-state index in [2.05, 4.69) is 31.5 Å². The second kappa shape index (κ2) is 4.72. The van der Waals surface area contributed by atoms with Gasteiger partial charge < -0.3 is 4.90 Å². The van der Waals surface area contributed by atoms with Crippen molar-refractivity contribution in [2.75, 3.05) is 11.9 Å². The van der Waals surface area contributed by atoms with E-state index in [4.69, 9.17) is 0 Å². The van der Waals surface area contributed by atoms with Crippen molar-refractivity contribution in [2.24, 2.45) is 0 Å². The van der Waals surface area contributed by atoms with E-state index >= 15 is 0 Å². The Morgan fingerprint density at radius 1 is 1.10 bits per heavy atom. The van der Waals surface area contributed by atoms with Crippen molar-refractivity contribution >= 4 is 11.5 Å². The summed E-state index contributed by atoms with van der Waals surface area (Å²) in [4.78, 5) is 6.90. The molecule has 0 amide bonds. The third-order valence-corrected chi connectivity index (χ3v) is 4.73. The second-order valence-electron chi connectivity index (χ2n) is 6.18. The maximum atomic E-state index is 4.58. The zero-order valence-electron chi connectivity index (χ0n) is 12.0. The van der Waals surface area contributed by atoms with E-state index in [0.29, 0.717) is 12.0 Å². The van der Waals surface area contributed by atoms with Crippen LogP contribution in [0.5, 0.6) is 0 Å². The summed E-state index contributed by atoms with van der Waals surface area (Å²) in [6, 6.07) is 0.600. The van der Waals surface area contributed by atoms with Crippen LogP contribution in [0.25, 0.3) is 5.65 Å². The number of aromatic nitrogens is 4. The molecule has 0 aliphatic heterocycles. The largest absolute Gasteiger partial charge is 0.354 e. The van der Waals surface area contributed by atoms with Gasteiger partial charge in [0.05, 0.1) is 0 Å². The predicted octanol–water partition coefficient (Wildman–Crippen LogP) is 2.77. The van der Waals surface area contributed by atoms with E-state index in [0.717, 1.165) is 17.3 Å². The van der Waals surface area contributed by atoms with Crippen molar-refractivity contribution in [1.82, 2.24) is 19.6 Å². The standard InChI is InChI=1S/C15H21N5/c1-19(12-5-3-2-4-6-12)14-15-18-17-13(11-7-8-11)20(15)10-9-16-14/h9-12H,2-8H2,1H3. The van der Waals surface area contributed by atoms with Crippen LogP contribution in [-0.4, -0.2) is 32.7 Å². The first kappa shape index (κ1) is 12.1. The molecule has 0 saturated heterocycles. The molecule has 2 aliphatic rings. The highest BCUT2D eigenvalue weighted by atomic mass is 15.3. The molecule has 20 heavy (non-hydrogen) atoms. The summed E-state index contributed by atoms with van der Waals surface area (Å²) >= 11 is 0. The van der Waals surface area contributed by atoms with Gasteiger partial charge in [0.1, 0.15) is 5.82 Å². The third-order valence-electron chi connectivity index (χ3n) is 4.73. The fraction of sp³-hybridized carbons (Fsp3) is 0.667. The maximum Gasteiger partial charge on any atom is 0.203 e. The fourth-order valence-electron chi connectivity index (χ4n) is 3.34. The van der Waals surface area contributed by atoms with Crippen molar-refractivity contribution < 1.29 is 0 Å². The molecule has 2 heterocycles. The zero-order valence-corrected chi connectivity index (χ0v) is 12.0. The summed E-state index contributed by atoms with van der Waals surface area (Å²) in [5.41, 5.74) is 0.919. The summed E-state index contributed by atoms with van der Waals surface area (Å²) in [5.74, 6) is 2.71. The highest BCUT2D eigenvalue weighted by molar-refractivity contribution is 5.64. The van der Waals surface area contributed by atoms with Gasteiger partial charge in [0.25, 0.3) is 0 Å². The Bertz CT molecular complexity index is 610. The molecule has 0 N–H and O–H groups in total. The lowest BCUT2D eigenvalue weighted by molar-refractivity contribution is 0.426. The summed E-state index contributed by atoms with van der Waals surface area (Å²) < 4.78 is 2.14. The summed E-state index contributed by atoms with van der Waals surface area (Å²) in [7, 11) is 2.16. The minimum Gasteiger partial charge on any atom is -0.354 e. The Balaban J connectivity index is 1.71. The Morgan fingerprint density at radius 2 is 1.90 bits per heavy atom. The monoisotopic (exact) mass is 271 g/mol. The van der Waals surface area contributed by atoms with Crippen LogP contribution in [0.3, 0.4) is 0 Å². The van der Waals surface area contributed by atoms with Gasteiger partial charge >= 0.3 is 0 Å². The Kier molecular flexibility index (Phi) is 2.86. The fourth-order valence-corrected chi connectivity index (χ4v) is 3.34. The van der Waals surface area contributed by atoms with Gasteiger partial charge in [-0.15, -0.1) is 10.2 Å². The van der Waals surface area contributed by atoms with Gasteiger partial charge in [-0.3, -0.25) is 4.40 Å². The molecule has 0 bridgehead atoms. The number of anilines is 1. The molecule has 5 nitrogen and oxygen atoms in total. The van der Waals surface area contributed by atoms with Crippen molar-refractivity contribution in [1.29, 1.82) is 0 Å². The summed E-state index contributed by atoms with van der Waals surface area (Å²) in [6.07, 6.45) is 13.0. The number of hydrogen-bond donors (Lipinski definition) is 0. The Labute approximate surface area is 119 Å². The van der Waals surface area contributed by atoms with Gasteiger partial charge in [-0.2, -0.15) is 0 Å². The van der Waals surface area contributed by atoms with Gasteiger partial charge in [0, 0.05) is 31.4 Å². The first-order chi connectivity index (χ1) is 9.84. The SMILES string of the molecule is CN(c1nccn2c(C3CC3)nnc12)C1CCCCC1. The van der Waals surface area contributed by atoms with Crippen LogP contribution in [-0.2, 0) is 0 Å². The topological polar surface area (TPSA) is 46.3 Å². The number of hydrogen-bond acceptors (Lipinski definition) is 4. The molecule has 0 unspecified atom stereocenters. The maximum absolute atomic E-state index is 4.58.